The Morgan fingerprint density at radius 3 is 2.96 bits per heavy atom. The fourth-order valence-electron chi connectivity index (χ4n) is 4.32. The second-order valence-electron chi connectivity index (χ2n) is 7.64. The van der Waals surface area contributed by atoms with E-state index in [-0.39, 0.29) is 11.8 Å². The van der Waals surface area contributed by atoms with Gasteiger partial charge in [-0.1, -0.05) is 0 Å². The first-order chi connectivity index (χ1) is 13.2. The van der Waals surface area contributed by atoms with Crippen molar-refractivity contribution < 1.29 is 14.3 Å². The number of hydrogen-bond acceptors (Lipinski definition) is 4. The number of hydrogen-bond donors (Lipinski definition) is 2. The molecule has 1 aromatic heterocycles. The summed E-state index contributed by atoms with van der Waals surface area (Å²) in [6, 6.07) is 8.61. The molecule has 0 bridgehead atoms. The van der Waals surface area contributed by atoms with Gasteiger partial charge < -0.3 is 19.8 Å². The third-order valence-electron chi connectivity index (χ3n) is 5.87. The zero-order valence-corrected chi connectivity index (χ0v) is 16.0. The van der Waals surface area contributed by atoms with Crippen molar-refractivity contribution in [2.75, 3.05) is 33.4 Å². The average Bonchev–Trinajstić information content (AvgIpc) is 3.14. The first kappa shape index (κ1) is 18.3. The number of piperidine rings is 1. The molecule has 1 atom stereocenters. The Balaban J connectivity index is 1.33. The lowest BCUT2D eigenvalue weighted by molar-refractivity contribution is -0.127. The molecular weight excluding hydrogens is 342 g/mol. The highest BCUT2D eigenvalue weighted by atomic mass is 16.5. The van der Waals surface area contributed by atoms with Crippen LogP contribution in [0.25, 0.3) is 10.9 Å². The number of aromatic nitrogens is 1. The third kappa shape index (κ3) is 4.28. The maximum absolute atomic E-state index is 12.7. The van der Waals surface area contributed by atoms with Crippen LogP contribution < -0.4 is 10.1 Å². The molecule has 146 valence electrons. The van der Waals surface area contributed by atoms with Crippen molar-refractivity contribution in [2.24, 2.45) is 5.92 Å². The minimum absolute atomic E-state index is 0.0890. The number of aromatic amines is 1. The fourth-order valence-corrected chi connectivity index (χ4v) is 4.32. The van der Waals surface area contributed by atoms with Crippen LogP contribution in [-0.2, 0) is 16.1 Å². The topological polar surface area (TPSA) is 66.6 Å². The van der Waals surface area contributed by atoms with E-state index in [0.717, 1.165) is 74.3 Å². The molecule has 1 amide bonds. The van der Waals surface area contributed by atoms with Crippen LogP contribution in [0.1, 0.15) is 31.4 Å². The first-order valence-corrected chi connectivity index (χ1v) is 9.98. The van der Waals surface area contributed by atoms with Gasteiger partial charge in [-0.05, 0) is 56.5 Å². The molecule has 4 rings (SSSR count). The minimum Gasteiger partial charge on any atom is -0.497 e. The van der Waals surface area contributed by atoms with E-state index in [2.05, 4.69) is 21.3 Å². The molecule has 1 aromatic carbocycles. The van der Waals surface area contributed by atoms with Crippen molar-refractivity contribution in [1.82, 2.24) is 15.2 Å². The van der Waals surface area contributed by atoms with Gasteiger partial charge in [-0.15, -0.1) is 0 Å². The minimum atomic E-state index is 0.0890. The number of carbonyl (C=O) groups excluding carboxylic acids is 1. The second kappa shape index (κ2) is 8.31. The molecule has 6 heteroatoms. The highest BCUT2D eigenvalue weighted by Gasteiger charge is 2.30. The number of benzene rings is 1. The van der Waals surface area contributed by atoms with E-state index in [9.17, 15) is 4.79 Å². The summed E-state index contributed by atoms with van der Waals surface area (Å²) in [7, 11) is 1.67. The van der Waals surface area contributed by atoms with Gasteiger partial charge in [-0.2, -0.15) is 0 Å². The van der Waals surface area contributed by atoms with Crippen molar-refractivity contribution in [1.29, 1.82) is 0 Å². The number of nitrogens with zero attached hydrogens (tertiary/aromatic N) is 1. The Kier molecular flexibility index (Phi) is 5.64. The van der Waals surface area contributed by atoms with Crippen LogP contribution in [0.5, 0.6) is 5.75 Å². The third-order valence-corrected chi connectivity index (χ3v) is 5.87. The summed E-state index contributed by atoms with van der Waals surface area (Å²) in [4.78, 5) is 18.6. The van der Waals surface area contributed by atoms with Crippen molar-refractivity contribution in [2.45, 2.75) is 38.3 Å². The SMILES string of the molecule is COc1ccc2[nH]c(CNC(=O)[C@H]3CCCN(C4CCOCC4)C3)cc2c1. The van der Waals surface area contributed by atoms with Crippen LogP contribution >= 0.6 is 0 Å². The summed E-state index contributed by atoms with van der Waals surface area (Å²) in [5.41, 5.74) is 2.08. The predicted molar refractivity (Wildman–Crippen MR) is 105 cm³/mol. The van der Waals surface area contributed by atoms with Gasteiger partial charge >= 0.3 is 0 Å². The number of rotatable bonds is 5. The number of H-pyrrole nitrogens is 1. The van der Waals surface area contributed by atoms with E-state index in [1.165, 1.54) is 0 Å². The van der Waals surface area contributed by atoms with Crippen LogP contribution in [0.15, 0.2) is 24.3 Å². The van der Waals surface area contributed by atoms with E-state index in [4.69, 9.17) is 9.47 Å². The van der Waals surface area contributed by atoms with E-state index in [1.54, 1.807) is 7.11 Å². The second-order valence-corrected chi connectivity index (χ2v) is 7.64. The molecule has 2 aromatic rings. The van der Waals surface area contributed by atoms with E-state index < -0.39 is 0 Å². The van der Waals surface area contributed by atoms with Crippen LogP contribution in [0.3, 0.4) is 0 Å². The van der Waals surface area contributed by atoms with Crippen molar-refractivity contribution in [3.63, 3.8) is 0 Å². The molecule has 2 N–H and O–H groups in total. The maximum atomic E-state index is 12.7. The number of methoxy groups -OCH3 is 1. The molecule has 2 saturated heterocycles. The quantitative estimate of drug-likeness (QED) is 0.848. The number of nitrogens with one attached hydrogen (secondary N) is 2. The normalized spacial score (nSPS) is 22.0. The molecule has 0 saturated carbocycles. The maximum Gasteiger partial charge on any atom is 0.224 e. The predicted octanol–water partition coefficient (Wildman–Crippen LogP) is 2.68. The number of likely N-dealkylation sites (tertiary alicyclic amines) is 1. The Bertz CT molecular complexity index is 782. The fraction of sp³-hybridized carbons (Fsp3) is 0.571. The van der Waals surface area contributed by atoms with Gasteiger partial charge in [0.05, 0.1) is 19.6 Å². The molecule has 6 nitrogen and oxygen atoms in total. The number of carbonyl (C=O) groups is 1. The molecule has 0 radical (unpaired) electrons. The Morgan fingerprint density at radius 2 is 2.15 bits per heavy atom. The summed E-state index contributed by atoms with van der Waals surface area (Å²) in [6.07, 6.45) is 4.26. The van der Waals surface area contributed by atoms with Gasteiger partial charge in [0.1, 0.15) is 5.75 Å². The monoisotopic (exact) mass is 371 g/mol. The molecule has 3 heterocycles. The molecule has 2 fully saturated rings. The zero-order chi connectivity index (χ0) is 18.6. The smallest absolute Gasteiger partial charge is 0.224 e. The summed E-state index contributed by atoms with van der Waals surface area (Å²) in [5, 5.41) is 4.23. The lowest BCUT2D eigenvalue weighted by Crippen LogP contribution is -2.48. The van der Waals surface area contributed by atoms with E-state index in [1.807, 2.05) is 18.2 Å². The molecule has 2 aliphatic heterocycles. The standard InChI is InChI=1S/C21H29N3O3/c1-26-19-4-5-20-16(12-19)11-17(23-20)13-22-21(25)15-3-2-8-24(14-15)18-6-9-27-10-7-18/h4-5,11-12,15,18,23H,2-3,6-10,13-14H2,1H3,(H,22,25)/t15-/m0/s1. The molecular formula is C21H29N3O3. The van der Waals surface area contributed by atoms with Gasteiger partial charge in [0, 0.05) is 42.4 Å². The van der Waals surface area contributed by atoms with Gasteiger partial charge in [0.2, 0.25) is 5.91 Å². The van der Waals surface area contributed by atoms with Gasteiger partial charge in [0.25, 0.3) is 0 Å². The molecule has 27 heavy (non-hydrogen) atoms. The highest BCUT2D eigenvalue weighted by molar-refractivity contribution is 5.82. The van der Waals surface area contributed by atoms with Crippen LogP contribution in [0.4, 0.5) is 0 Å². The zero-order valence-electron chi connectivity index (χ0n) is 16.0. The van der Waals surface area contributed by atoms with Crippen LogP contribution in [-0.4, -0.2) is 55.2 Å². The Morgan fingerprint density at radius 1 is 1.30 bits per heavy atom. The van der Waals surface area contributed by atoms with Crippen LogP contribution in [0.2, 0.25) is 0 Å². The Labute approximate surface area is 160 Å². The largest absolute Gasteiger partial charge is 0.497 e. The van der Waals surface area contributed by atoms with Gasteiger partial charge in [-0.25, -0.2) is 0 Å². The summed E-state index contributed by atoms with van der Waals surface area (Å²) < 4.78 is 10.7. The van der Waals surface area contributed by atoms with E-state index >= 15 is 0 Å². The molecule has 0 aliphatic carbocycles. The van der Waals surface area contributed by atoms with Crippen molar-refractivity contribution in [3.05, 3.63) is 30.0 Å². The Hall–Kier alpha value is -2.05. The van der Waals surface area contributed by atoms with Crippen LogP contribution in [0, 0.1) is 5.92 Å². The number of fused-ring (bicyclic) bond motifs is 1. The molecule has 0 unspecified atom stereocenters. The summed E-state index contributed by atoms with van der Waals surface area (Å²) in [5.74, 6) is 1.10. The van der Waals surface area contributed by atoms with Gasteiger partial charge in [-0.3, -0.25) is 9.69 Å². The molecule has 2 aliphatic rings. The van der Waals surface area contributed by atoms with E-state index in [0.29, 0.717) is 12.6 Å². The summed E-state index contributed by atoms with van der Waals surface area (Å²) in [6.45, 7) is 4.22. The van der Waals surface area contributed by atoms with Crippen molar-refractivity contribution >= 4 is 16.8 Å². The first-order valence-electron chi connectivity index (χ1n) is 9.98. The number of amides is 1. The molecule has 0 spiro atoms. The van der Waals surface area contributed by atoms with Gasteiger partial charge in [0.15, 0.2) is 0 Å². The average molecular weight is 371 g/mol. The highest BCUT2D eigenvalue weighted by Crippen LogP contribution is 2.24. The van der Waals surface area contributed by atoms with Crippen molar-refractivity contribution in [3.8, 4) is 5.75 Å². The lowest BCUT2D eigenvalue weighted by atomic mass is 9.94. The lowest BCUT2D eigenvalue weighted by Gasteiger charge is -2.39. The number of ether oxygens (including phenoxy) is 2. The summed E-state index contributed by atoms with van der Waals surface area (Å²) >= 11 is 0.